The molecule has 21 heavy (non-hydrogen) atoms. The van der Waals surface area contributed by atoms with Crippen molar-refractivity contribution in [3.63, 3.8) is 0 Å². The van der Waals surface area contributed by atoms with Gasteiger partial charge in [-0.2, -0.15) is 0 Å². The van der Waals surface area contributed by atoms with Crippen LogP contribution in [-0.4, -0.2) is 6.61 Å². The third-order valence-electron chi connectivity index (χ3n) is 3.17. The molecular weight excluding hydrogens is 373 g/mol. The van der Waals surface area contributed by atoms with Crippen molar-refractivity contribution in [2.75, 3.05) is 11.9 Å². The van der Waals surface area contributed by atoms with Gasteiger partial charge in [-0.1, -0.05) is 32.0 Å². The zero-order valence-corrected chi connectivity index (χ0v) is 14.9. The molecule has 0 aliphatic carbocycles. The summed E-state index contributed by atoms with van der Waals surface area (Å²) >= 11 is 2.33. The Morgan fingerprint density at radius 1 is 1.05 bits per heavy atom. The Labute approximate surface area is 141 Å². The molecular formula is C18H22INO. The molecule has 0 aliphatic heterocycles. The van der Waals surface area contributed by atoms with E-state index in [4.69, 9.17) is 4.74 Å². The van der Waals surface area contributed by atoms with E-state index in [0.717, 1.165) is 18.0 Å². The molecule has 0 heterocycles. The van der Waals surface area contributed by atoms with Crippen molar-refractivity contribution >= 4 is 28.3 Å². The minimum Gasteiger partial charge on any atom is -0.493 e. The molecule has 3 heteroatoms. The summed E-state index contributed by atoms with van der Waals surface area (Å²) in [5, 5.41) is 3.52. The molecule has 0 saturated carbocycles. The molecule has 0 bridgehead atoms. The van der Waals surface area contributed by atoms with Crippen LogP contribution in [0, 0.1) is 9.49 Å². The lowest BCUT2D eigenvalue weighted by Crippen LogP contribution is -2.07. The summed E-state index contributed by atoms with van der Waals surface area (Å²) in [6.07, 6.45) is 0. The van der Waals surface area contributed by atoms with Crippen molar-refractivity contribution in [2.45, 2.75) is 26.8 Å². The number of hydrogen-bond donors (Lipinski definition) is 1. The molecule has 112 valence electrons. The van der Waals surface area contributed by atoms with Crippen molar-refractivity contribution in [1.82, 2.24) is 0 Å². The van der Waals surface area contributed by atoms with E-state index in [1.807, 2.05) is 12.1 Å². The van der Waals surface area contributed by atoms with Crippen LogP contribution in [0.5, 0.6) is 5.75 Å². The lowest BCUT2D eigenvalue weighted by molar-refractivity contribution is 0.271. The third-order valence-corrected chi connectivity index (χ3v) is 3.89. The average Bonchev–Trinajstić information content (AvgIpc) is 2.46. The highest BCUT2D eigenvalue weighted by molar-refractivity contribution is 14.1. The van der Waals surface area contributed by atoms with Crippen LogP contribution in [0.4, 0.5) is 5.69 Å². The lowest BCUT2D eigenvalue weighted by atomic mass is 10.1. The summed E-state index contributed by atoms with van der Waals surface area (Å²) < 4.78 is 7.03. The first kappa shape index (κ1) is 16.1. The van der Waals surface area contributed by atoms with E-state index in [1.165, 1.54) is 9.13 Å². The van der Waals surface area contributed by atoms with Crippen LogP contribution in [0.3, 0.4) is 0 Å². The Morgan fingerprint density at radius 3 is 2.43 bits per heavy atom. The van der Waals surface area contributed by atoms with Gasteiger partial charge < -0.3 is 10.1 Å². The average molecular weight is 395 g/mol. The van der Waals surface area contributed by atoms with Crippen molar-refractivity contribution < 1.29 is 4.74 Å². The van der Waals surface area contributed by atoms with E-state index >= 15 is 0 Å². The predicted molar refractivity (Wildman–Crippen MR) is 98.0 cm³/mol. The summed E-state index contributed by atoms with van der Waals surface area (Å²) in [5.74, 6) is 1.45. The quantitative estimate of drug-likeness (QED) is 0.653. The van der Waals surface area contributed by atoms with Gasteiger partial charge in [0.2, 0.25) is 0 Å². The van der Waals surface area contributed by atoms with E-state index in [9.17, 15) is 0 Å². The maximum Gasteiger partial charge on any atom is 0.121 e. The van der Waals surface area contributed by atoms with Crippen LogP contribution >= 0.6 is 22.6 Å². The van der Waals surface area contributed by atoms with Crippen LogP contribution in [0.1, 0.15) is 32.4 Å². The highest BCUT2D eigenvalue weighted by Crippen LogP contribution is 2.23. The molecule has 0 spiro atoms. The van der Waals surface area contributed by atoms with Crippen molar-refractivity contribution in [3.8, 4) is 5.75 Å². The molecule has 2 rings (SSSR count). The first-order chi connectivity index (χ1) is 10.0. The van der Waals surface area contributed by atoms with Gasteiger partial charge in [0, 0.05) is 21.4 Å². The van der Waals surface area contributed by atoms with Crippen LogP contribution < -0.4 is 10.1 Å². The number of hydrogen-bond acceptors (Lipinski definition) is 2. The second-order valence-corrected chi connectivity index (χ2v) is 6.90. The second-order valence-electron chi connectivity index (χ2n) is 5.65. The monoisotopic (exact) mass is 395 g/mol. The van der Waals surface area contributed by atoms with E-state index in [1.54, 1.807) is 0 Å². The molecule has 0 fully saturated rings. The first-order valence-corrected chi connectivity index (χ1v) is 8.37. The molecule has 2 aromatic rings. The summed E-state index contributed by atoms with van der Waals surface area (Å²) in [6.45, 7) is 7.22. The van der Waals surface area contributed by atoms with Crippen LogP contribution in [0.2, 0.25) is 0 Å². The van der Waals surface area contributed by atoms with Gasteiger partial charge in [-0.15, -0.1) is 0 Å². The largest absolute Gasteiger partial charge is 0.493 e. The van der Waals surface area contributed by atoms with Gasteiger partial charge in [-0.3, -0.25) is 0 Å². The van der Waals surface area contributed by atoms with Gasteiger partial charge in [0.05, 0.1) is 6.61 Å². The van der Waals surface area contributed by atoms with Gasteiger partial charge in [0.15, 0.2) is 0 Å². The Bertz CT molecular complexity index is 566. The molecule has 0 aliphatic rings. The Balaban J connectivity index is 2.01. The number of anilines is 1. The van der Waals surface area contributed by atoms with E-state index in [0.29, 0.717) is 5.92 Å². The Morgan fingerprint density at radius 2 is 1.76 bits per heavy atom. The Kier molecular flexibility index (Phi) is 5.91. The SMILES string of the molecule is CC(C)COc1cccc(NC(C)c2ccc(I)cc2)c1. The molecule has 1 atom stereocenters. The summed E-state index contributed by atoms with van der Waals surface area (Å²) in [5.41, 5.74) is 2.37. The highest BCUT2D eigenvalue weighted by Gasteiger charge is 2.06. The minimum absolute atomic E-state index is 0.266. The van der Waals surface area contributed by atoms with Crippen LogP contribution in [0.25, 0.3) is 0 Å². The van der Waals surface area contributed by atoms with Crippen molar-refractivity contribution in [2.24, 2.45) is 5.92 Å². The van der Waals surface area contributed by atoms with Gasteiger partial charge in [0.1, 0.15) is 5.75 Å². The number of halogens is 1. The summed E-state index contributed by atoms with van der Waals surface area (Å²) in [7, 11) is 0. The van der Waals surface area contributed by atoms with Crippen LogP contribution in [-0.2, 0) is 0 Å². The van der Waals surface area contributed by atoms with E-state index in [-0.39, 0.29) is 6.04 Å². The fourth-order valence-electron chi connectivity index (χ4n) is 2.02. The number of nitrogens with one attached hydrogen (secondary N) is 1. The maximum atomic E-state index is 5.77. The maximum absolute atomic E-state index is 5.77. The molecule has 0 amide bonds. The smallest absolute Gasteiger partial charge is 0.121 e. The molecule has 0 saturated heterocycles. The van der Waals surface area contributed by atoms with E-state index in [2.05, 4.69) is 85.1 Å². The fraction of sp³-hybridized carbons (Fsp3) is 0.333. The fourth-order valence-corrected chi connectivity index (χ4v) is 2.38. The normalized spacial score (nSPS) is 12.2. The molecule has 2 aromatic carbocycles. The highest BCUT2D eigenvalue weighted by atomic mass is 127. The van der Waals surface area contributed by atoms with Crippen molar-refractivity contribution in [1.29, 1.82) is 0 Å². The van der Waals surface area contributed by atoms with Gasteiger partial charge in [-0.25, -0.2) is 0 Å². The second kappa shape index (κ2) is 7.69. The van der Waals surface area contributed by atoms with Crippen LogP contribution in [0.15, 0.2) is 48.5 Å². The predicted octanol–water partition coefficient (Wildman–Crippen LogP) is 5.50. The molecule has 1 unspecified atom stereocenters. The zero-order valence-electron chi connectivity index (χ0n) is 12.8. The van der Waals surface area contributed by atoms with Gasteiger partial charge >= 0.3 is 0 Å². The first-order valence-electron chi connectivity index (χ1n) is 7.29. The number of ether oxygens (including phenoxy) is 1. The third kappa shape index (κ3) is 5.23. The number of benzene rings is 2. The number of rotatable bonds is 6. The molecule has 0 radical (unpaired) electrons. The minimum atomic E-state index is 0.266. The molecule has 1 N–H and O–H groups in total. The molecule has 0 aromatic heterocycles. The van der Waals surface area contributed by atoms with Gasteiger partial charge in [-0.05, 0) is 65.3 Å². The van der Waals surface area contributed by atoms with E-state index < -0.39 is 0 Å². The lowest BCUT2D eigenvalue weighted by Gasteiger charge is -2.17. The topological polar surface area (TPSA) is 21.3 Å². The standard InChI is InChI=1S/C18H22INO/c1-13(2)12-21-18-6-4-5-17(11-18)20-14(3)15-7-9-16(19)10-8-15/h4-11,13-14,20H,12H2,1-3H3. The van der Waals surface area contributed by atoms with Gasteiger partial charge in [0.25, 0.3) is 0 Å². The van der Waals surface area contributed by atoms with Crippen molar-refractivity contribution in [3.05, 3.63) is 57.7 Å². The summed E-state index contributed by atoms with van der Waals surface area (Å²) in [4.78, 5) is 0. The zero-order chi connectivity index (χ0) is 15.2. The summed E-state index contributed by atoms with van der Waals surface area (Å²) in [6, 6.07) is 17.0. The molecule has 2 nitrogen and oxygen atoms in total. The Hall–Kier alpha value is -1.23.